The molecule has 0 amide bonds. The van der Waals surface area contributed by atoms with Gasteiger partial charge in [0.25, 0.3) is 0 Å². The van der Waals surface area contributed by atoms with Crippen molar-refractivity contribution in [2.45, 2.75) is 45.2 Å². The van der Waals surface area contributed by atoms with Crippen LogP contribution in [-0.4, -0.2) is 16.5 Å². The maximum absolute atomic E-state index is 6.36. The summed E-state index contributed by atoms with van der Waals surface area (Å²) in [7, 11) is 0. The molecule has 1 aliphatic rings. The lowest BCUT2D eigenvalue weighted by Gasteiger charge is -2.31. The van der Waals surface area contributed by atoms with Crippen molar-refractivity contribution in [3.05, 3.63) is 35.7 Å². The topological polar surface area (TPSA) is 24.9 Å². The van der Waals surface area contributed by atoms with Crippen LogP contribution < -0.4 is 5.32 Å². The van der Waals surface area contributed by atoms with E-state index in [4.69, 9.17) is 11.6 Å². The molecule has 2 heterocycles. The highest BCUT2D eigenvalue weighted by Crippen LogP contribution is 2.27. The first-order chi connectivity index (χ1) is 8.56. The summed E-state index contributed by atoms with van der Waals surface area (Å²) in [5, 5.41) is 3.40. The van der Waals surface area contributed by atoms with E-state index in [1.165, 1.54) is 17.6 Å². The molecule has 2 nitrogen and oxygen atoms in total. The molecule has 0 bridgehead atoms. The van der Waals surface area contributed by atoms with Gasteiger partial charge < -0.3 is 0 Å². The predicted molar refractivity (Wildman–Crippen MR) is 77.6 cm³/mol. The van der Waals surface area contributed by atoms with Crippen LogP contribution >= 0.6 is 11.6 Å². The van der Waals surface area contributed by atoms with Gasteiger partial charge in [0.1, 0.15) is 0 Å². The van der Waals surface area contributed by atoms with Crippen molar-refractivity contribution < 1.29 is 0 Å². The number of aryl methyl sites for hydroxylation is 1. The van der Waals surface area contributed by atoms with Gasteiger partial charge in [-0.2, -0.15) is 0 Å². The monoisotopic (exact) mass is 264 g/mol. The van der Waals surface area contributed by atoms with E-state index < -0.39 is 0 Å². The minimum atomic E-state index is 0.0436. The maximum Gasteiger partial charge on any atom is 0.0891 e. The molecule has 1 saturated heterocycles. The van der Waals surface area contributed by atoms with E-state index in [9.17, 15) is 0 Å². The molecule has 1 aromatic rings. The molecule has 1 fully saturated rings. The molecule has 98 valence electrons. The lowest BCUT2D eigenvalue weighted by Crippen LogP contribution is -2.42. The number of hydrogen-bond donors (Lipinski definition) is 1. The molecule has 0 aliphatic carbocycles. The van der Waals surface area contributed by atoms with Crippen molar-refractivity contribution in [1.82, 2.24) is 10.3 Å². The Balaban J connectivity index is 2.10. The van der Waals surface area contributed by atoms with Crippen molar-refractivity contribution in [2.24, 2.45) is 5.92 Å². The van der Waals surface area contributed by atoms with Crippen LogP contribution in [0, 0.1) is 12.8 Å². The lowest BCUT2D eigenvalue weighted by molar-refractivity contribution is 0.339. The number of pyridine rings is 1. The predicted octanol–water partition coefficient (Wildman–Crippen LogP) is 3.75. The highest BCUT2D eigenvalue weighted by molar-refractivity contribution is 6.20. The molecule has 0 radical (unpaired) electrons. The second-order valence-electron chi connectivity index (χ2n) is 5.25. The zero-order chi connectivity index (χ0) is 13.1. The third-order valence-corrected chi connectivity index (χ3v) is 4.03. The van der Waals surface area contributed by atoms with Crippen LogP contribution in [0.4, 0.5) is 0 Å². The minimum Gasteiger partial charge on any atom is -0.298 e. The average Bonchev–Trinajstić information content (AvgIpc) is 2.33. The van der Waals surface area contributed by atoms with Crippen LogP contribution in [0.1, 0.15) is 37.9 Å². The first-order valence-corrected chi connectivity index (χ1v) is 7.01. The van der Waals surface area contributed by atoms with Gasteiger partial charge in [-0.15, -0.1) is 11.6 Å². The van der Waals surface area contributed by atoms with E-state index in [2.05, 4.69) is 36.3 Å². The highest BCUT2D eigenvalue weighted by Gasteiger charge is 2.24. The summed E-state index contributed by atoms with van der Waals surface area (Å²) in [4.78, 5) is 4.33. The standard InChI is InChI=1S/C15H21ClN2/c1-10(14-7-4-11(2)17-9-14)8-13-6-5-12(3)18-15(13)16/h4,7-9,12-13,15,18H,5-6H2,1-3H3/b10-8+. The molecule has 1 aromatic heterocycles. The number of alkyl halides is 1. The van der Waals surface area contributed by atoms with Gasteiger partial charge in [0.05, 0.1) is 5.50 Å². The zero-order valence-electron chi connectivity index (χ0n) is 11.3. The first kappa shape index (κ1) is 13.6. The molecular weight excluding hydrogens is 244 g/mol. The fourth-order valence-corrected chi connectivity index (χ4v) is 2.77. The second-order valence-corrected chi connectivity index (χ2v) is 5.72. The molecule has 1 aliphatic heterocycles. The number of nitrogens with one attached hydrogen (secondary N) is 1. The van der Waals surface area contributed by atoms with Gasteiger partial charge in [-0.25, -0.2) is 0 Å². The molecule has 1 N–H and O–H groups in total. The number of rotatable bonds is 2. The molecule has 18 heavy (non-hydrogen) atoms. The highest BCUT2D eigenvalue weighted by atomic mass is 35.5. The average molecular weight is 265 g/mol. The lowest BCUT2D eigenvalue weighted by atomic mass is 9.92. The SMILES string of the molecule is C/C(=C\C1CCC(C)NC1Cl)c1ccc(C)nc1. The second kappa shape index (κ2) is 5.85. The summed E-state index contributed by atoms with van der Waals surface area (Å²) < 4.78 is 0. The summed E-state index contributed by atoms with van der Waals surface area (Å²) in [6, 6.07) is 4.70. The van der Waals surface area contributed by atoms with E-state index in [-0.39, 0.29) is 5.50 Å². The van der Waals surface area contributed by atoms with Crippen LogP contribution in [0.15, 0.2) is 24.4 Å². The quantitative estimate of drug-likeness (QED) is 0.650. The fraction of sp³-hybridized carbons (Fsp3) is 0.533. The Hall–Kier alpha value is -0.860. The van der Waals surface area contributed by atoms with E-state index >= 15 is 0 Å². The van der Waals surface area contributed by atoms with Crippen molar-refractivity contribution >= 4 is 17.2 Å². The van der Waals surface area contributed by atoms with E-state index in [0.29, 0.717) is 12.0 Å². The molecule has 3 unspecified atom stereocenters. The fourth-order valence-electron chi connectivity index (χ4n) is 2.35. The van der Waals surface area contributed by atoms with Crippen molar-refractivity contribution in [1.29, 1.82) is 0 Å². The van der Waals surface area contributed by atoms with Crippen LogP contribution in [0.5, 0.6) is 0 Å². The summed E-state index contributed by atoms with van der Waals surface area (Å²) in [5.74, 6) is 0.407. The Morgan fingerprint density at radius 3 is 2.83 bits per heavy atom. The van der Waals surface area contributed by atoms with Crippen molar-refractivity contribution in [2.75, 3.05) is 0 Å². The van der Waals surface area contributed by atoms with Crippen molar-refractivity contribution in [3.63, 3.8) is 0 Å². The van der Waals surface area contributed by atoms with Crippen LogP contribution in [0.3, 0.4) is 0 Å². The normalized spacial score (nSPS) is 29.3. The summed E-state index contributed by atoms with van der Waals surface area (Å²) in [6.07, 6.45) is 6.55. The Bertz CT molecular complexity index is 425. The van der Waals surface area contributed by atoms with Crippen LogP contribution in [0.2, 0.25) is 0 Å². The molecule has 0 aromatic carbocycles. The molecule has 3 atom stereocenters. The molecule has 0 spiro atoms. The summed E-state index contributed by atoms with van der Waals surface area (Å²) in [5.41, 5.74) is 3.54. The van der Waals surface area contributed by atoms with E-state index in [1.54, 1.807) is 0 Å². The third-order valence-electron chi connectivity index (χ3n) is 3.58. The Kier molecular flexibility index (Phi) is 4.41. The van der Waals surface area contributed by atoms with Gasteiger partial charge in [-0.3, -0.25) is 10.3 Å². The maximum atomic E-state index is 6.36. The number of piperidine rings is 1. The van der Waals surface area contributed by atoms with Gasteiger partial charge in [0.2, 0.25) is 0 Å². The Morgan fingerprint density at radius 1 is 1.44 bits per heavy atom. The zero-order valence-corrected chi connectivity index (χ0v) is 12.0. The van der Waals surface area contributed by atoms with Crippen LogP contribution in [-0.2, 0) is 0 Å². The van der Waals surface area contributed by atoms with Gasteiger partial charge in [0, 0.05) is 23.9 Å². The molecule has 2 rings (SSSR count). The van der Waals surface area contributed by atoms with Gasteiger partial charge >= 0.3 is 0 Å². The summed E-state index contributed by atoms with van der Waals surface area (Å²) in [6.45, 7) is 6.32. The smallest absolute Gasteiger partial charge is 0.0891 e. The summed E-state index contributed by atoms with van der Waals surface area (Å²) >= 11 is 6.36. The minimum absolute atomic E-state index is 0.0436. The third kappa shape index (κ3) is 3.33. The number of halogens is 1. The Labute approximate surface area is 114 Å². The molecule has 0 saturated carbocycles. The van der Waals surface area contributed by atoms with Crippen molar-refractivity contribution in [3.8, 4) is 0 Å². The number of nitrogens with zero attached hydrogens (tertiary/aromatic N) is 1. The largest absolute Gasteiger partial charge is 0.298 e. The first-order valence-electron chi connectivity index (χ1n) is 6.58. The number of allylic oxidation sites excluding steroid dienone is 1. The van der Waals surface area contributed by atoms with E-state index in [1.807, 2.05) is 19.2 Å². The van der Waals surface area contributed by atoms with E-state index in [0.717, 1.165) is 12.1 Å². The molecule has 3 heteroatoms. The number of aromatic nitrogens is 1. The van der Waals surface area contributed by atoms with Gasteiger partial charge in [-0.05, 0) is 50.8 Å². The van der Waals surface area contributed by atoms with Gasteiger partial charge in [-0.1, -0.05) is 12.1 Å². The number of hydrogen-bond acceptors (Lipinski definition) is 2. The molecular formula is C15H21ClN2. The Morgan fingerprint density at radius 2 is 2.22 bits per heavy atom. The van der Waals surface area contributed by atoms with Gasteiger partial charge in [0.15, 0.2) is 0 Å². The van der Waals surface area contributed by atoms with Crippen LogP contribution in [0.25, 0.3) is 5.57 Å².